The van der Waals surface area contributed by atoms with Crippen LogP contribution in [0.15, 0.2) is 66.5 Å². The Hall–Kier alpha value is -2.88. The predicted octanol–water partition coefficient (Wildman–Crippen LogP) is 2.58. The van der Waals surface area contributed by atoms with Gasteiger partial charge in [-0.2, -0.15) is 0 Å². The first-order valence-corrected chi connectivity index (χ1v) is 6.14. The van der Waals surface area contributed by atoms with Crippen molar-refractivity contribution >= 4 is 23.6 Å². The molecule has 0 aliphatic carbocycles. The first-order valence-electron chi connectivity index (χ1n) is 6.14. The van der Waals surface area contributed by atoms with Crippen molar-refractivity contribution in [3.8, 4) is 0 Å². The van der Waals surface area contributed by atoms with E-state index in [1.54, 1.807) is 30.3 Å². The van der Waals surface area contributed by atoms with Gasteiger partial charge in [-0.25, -0.2) is 9.69 Å². The lowest BCUT2D eigenvalue weighted by Crippen LogP contribution is -2.25. The van der Waals surface area contributed by atoms with Gasteiger partial charge >= 0.3 is 11.9 Å². The Morgan fingerprint density at radius 2 is 1.45 bits per heavy atom. The van der Waals surface area contributed by atoms with Crippen molar-refractivity contribution in [3.63, 3.8) is 0 Å². The molecule has 1 aliphatic rings. The summed E-state index contributed by atoms with van der Waals surface area (Å²) in [5.74, 6) is -1.33. The van der Waals surface area contributed by atoms with Gasteiger partial charge in [0.15, 0.2) is 0 Å². The summed E-state index contributed by atoms with van der Waals surface area (Å²) in [6.45, 7) is 0. The lowest BCUT2D eigenvalue weighted by molar-refractivity contribution is -0.145. The van der Waals surface area contributed by atoms with E-state index in [4.69, 9.17) is 4.74 Å². The van der Waals surface area contributed by atoms with Crippen LogP contribution < -0.4 is 4.90 Å². The van der Waals surface area contributed by atoms with E-state index < -0.39 is 11.9 Å². The molecule has 4 nitrogen and oxygen atoms in total. The van der Waals surface area contributed by atoms with Crippen LogP contribution in [0, 0.1) is 0 Å². The summed E-state index contributed by atoms with van der Waals surface area (Å²) in [6.07, 6.45) is 1.66. The number of amides is 1. The molecule has 0 unspecified atom stereocenters. The third kappa shape index (κ3) is 2.19. The maximum Gasteiger partial charge on any atom is 0.404 e. The average molecular weight is 265 g/mol. The number of para-hydroxylation sites is 1. The minimum Gasteiger partial charge on any atom is -0.402 e. The van der Waals surface area contributed by atoms with E-state index >= 15 is 0 Å². The van der Waals surface area contributed by atoms with Crippen molar-refractivity contribution in [3.05, 3.63) is 72.1 Å². The highest BCUT2D eigenvalue weighted by atomic mass is 16.6. The molecule has 4 heteroatoms. The number of hydrogen-bond acceptors (Lipinski definition) is 3. The van der Waals surface area contributed by atoms with Crippen LogP contribution in [0.2, 0.25) is 0 Å². The molecule has 0 atom stereocenters. The molecule has 1 amide bonds. The largest absolute Gasteiger partial charge is 0.404 e. The number of nitrogens with zero attached hydrogens (tertiary/aromatic N) is 1. The summed E-state index contributed by atoms with van der Waals surface area (Å²) in [4.78, 5) is 24.7. The summed E-state index contributed by atoms with van der Waals surface area (Å²) in [5, 5.41) is 0. The Labute approximate surface area is 115 Å². The second-order valence-electron chi connectivity index (χ2n) is 4.26. The molecule has 1 heterocycles. The van der Waals surface area contributed by atoms with Crippen LogP contribution in [0.4, 0.5) is 5.69 Å². The van der Waals surface area contributed by atoms with Crippen molar-refractivity contribution in [2.75, 3.05) is 4.90 Å². The van der Waals surface area contributed by atoms with E-state index in [0.29, 0.717) is 5.69 Å². The maximum atomic E-state index is 11.9. The molecule has 0 spiro atoms. The summed E-state index contributed by atoms with van der Waals surface area (Å²) in [5.41, 5.74) is 1.46. The minimum absolute atomic E-state index is 0.220. The number of rotatable bonds is 2. The molecular formula is C16H11NO3. The van der Waals surface area contributed by atoms with E-state index in [1.165, 1.54) is 4.90 Å². The van der Waals surface area contributed by atoms with Gasteiger partial charge in [-0.3, -0.25) is 4.79 Å². The first-order chi connectivity index (χ1) is 9.75. The summed E-state index contributed by atoms with van der Waals surface area (Å²) in [6, 6.07) is 18.3. The average Bonchev–Trinajstić information content (AvgIpc) is 2.76. The van der Waals surface area contributed by atoms with Gasteiger partial charge in [0, 0.05) is 6.08 Å². The summed E-state index contributed by atoms with van der Waals surface area (Å²) >= 11 is 0. The number of carbonyl (C=O) groups is 2. The Bertz CT molecular complexity index is 677. The first kappa shape index (κ1) is 12.2. The Balaban J connectivity index is 2.03. The number of hydrogen-bond donors (Lipinski definition) is 0. The van der Waals surface area contributed by atoms with Crippen molar-refractivity contribution in [2.24, 2.45) is 0 Å². The third-order valence-corrected chi connectivity index (χ3v) is 2.90. The number of benzene rings is 2. The molecule has 1 saturated heterocycles. The van der Waals surface area contributed by atoms with Gasteiger partial charge < -0.3 is 4.74 Å². The molecule has 0 N–H and O–H groups in total. The fourth-order valence-electron chi connectivity index (χ4n) is 1.98. The smallest absolute Gasteiger partial charge is 0.402 e. The van der Waals surface area contributed by atoms with Gasteiger partial charge in [0.2, 0.25) is 5.88 Å². The van der Waals surface area contributed by atoms with Crippen LogP contribution in [-0.2, 0) is 14.3 Å². The van der Waals surface area contributed by atoms with Gasteiger partial charge in [-0.05, 0) is 17.7 Å². The molecular weight excluding hydrogens is 254 g/mol. The predicted molar refractivity (Wildman–Crippen MR) is 74.4 cm³/mol. The SMILES string of the molecule is O=C1O/C(=C/c2ccccc2)N(c2ccccc2)C1=O. The van der Waals surface area contributed by atoms with Gasteiger partial charge in [0.1, 0.15) is 0 Å². The van der Waals surface area contributed by atoms with Crippen molar-refractivity contribution < 1.29 is 14.3 Å². The van der Waals surface area contributed by atoms with Crippen LogP contribution >= 0.6 is 0 Å². The summed E-state index contributed by atoms with van der Waals surface area (Å²) < 4.78 is 5.04. The second-order valence-corrected chi connectivity index (χ2v) is 4.26. The molecule has 0 saturated carbocycles. The zero-order valence-electron chi connectivity index (χ0n) is 10.5. The molecule has 0 radical (unpaired) electrons. The molecule has 0 aromatic heterocycles. The van der Waals surface area contributed by atoms with Crippen molar-refractivity contribution in [2.45, 2.75) is 0 Å². The topological polar surface area (TPSA) is 46.6 Å². The summed E-state index contributed by atoms with van der Waals surface area (Å²) in [7, 11) is 0. The lowest BCUT2D eigenvalue weighted by Gasteiger charge is -2.13. The third-order valence-electron chi connectivity index (χ3n) is 2.90. The normalized spacial score (nSPS) is 16.6. The van der Waals surface area contributed by atoms with Crippen molar-refractivity contribution in [1.82, 2.24) is 0 Å². The molecule has 0 bridgehead atoms. The molecule has 98 valence electrons. The van der Waals surface area contributed by atoms with E-state index in [9.17, 15) is 9.59 Å². The van der Waals surface area contributed by atoms with Crippen LogP contribution in [0.25, 0.3) is 6.08 Å². The van der Waals surface area contributed by atoms with Crippen LogP contribution in [0.5, 0.6) is 0 Å². The van der Waals surface area contributed by atoms with E-state index in [-0.39, 0.29) is 5.88 Å². The van der Waals surface area contributed by atoms with Gasteiger partial charge in [0.25, 0.3) is 0 Å². The highest BCUT2D eigenvalue weighted by Gasteiger charge is 2.37. The number of carbonyl (C=O) groups excluding carboxylic acids is 2. The molecule has 20 heavy (non-hydrogen) atoms. The zero-order chi connectivity index (χ0) is 13.9. The number of cyclic esters (lactones) is 1. The number of anilines is 1. The highest BCUT2D eigenvalue weighted by Crippen LogP contribution is 2.26. The lowest BCUT2D eigenvalue weighted by atomic mass is 10.2. The molecule has 3 rings (SSSR count). The highest BCUT2D eigenvalue weighted by molar-refractivity contribution is 6.41. The molecule has 1 fully saturated rings. The monoisotopic (exact) mass is 265 g/mol. The maximum absolute atomic E-state index is 11.9. The molecule has 2 aromatic carbocycles. The standard InChI is InChI=1S/C16H11NO3/c18-15-16(19)20-14(11-12-7-3-1-4-8-12)17(15)13-9-5-2-6-10-13/h1-11H/b14-11+. The molecule has 1 aliphatic heterocycles. The number of esters is 1. The number of ether oxygens (including phenoxy) is 1. The Morgan fingerprint density at radius 3 is 2.10 bits per heavy atom. The fourth-order valence-corrected chi connectivity index (χ4v) is 1.98. The Kier molecular flexibility index (Phi) is 3.05. The van der Waals surface area contributed by atoms with Gasteiger partial charge in [-0.15, -0.1) is 0 Å². The van der Waals surface area contributed by atoms with Crippen LogP contribution in [-0.4, -0.2) is 11.9 Å². The van der Waals surface area contributed by atoms with E-state index in [2.05, 4.69) is 0 Å². The minimum atomic E-state index is -0.865. The van der Waals surface area contributed by atoms with Crippen LogP contribution in [0.1, 0.15) is 5.56 Å². The molecule has 2 aromatic rings. The van der Waals surface area contributed by atoms with Gasteiger partial charge in [0.05, 0.1) is 5.69 Å². The Morgan fingerprint density at radius 1 is 0.850 bits per heavy atom. The quantitative estimate of drug-likeness (QED) is 0.619. The van der Waals surface area contributed by atoms with Crippen LogP contribution in [0.3, 0.4) is 0 Å². The van der Waals surface area contributed by atoms with Gasteiger partial charge in [-0.1, -0.05) is 48.5 Å². The second kappa shape index (κ2) is 5.01. The van der Waals surface area contributed by atoms with E-state index in [1.807, 2.05) is 36.4 Å². The van der Waals surface area contributed by atoms with E-state index in [0.717, 1.165) is 5.56 Å². The fraction of sp³-hybridized carbons (Fsp3) is 0. The van der Waals surface area contributed by atoms with Crippen molar-refractivity contribution in [1.29, 1.82) is 0 Å². The zero-order valence-corrected chi connectivity index (χ0v) is 10.5.